The first kappa shape index (κ1) is 19.3. The van der Waals surface area contributed by atoms with Gasteiger partial charge in [-0.25, -0.2) is 0 Å². The Balaban J connectivity index is 1.46. The van der Waals surface area contributed by atoms with Gasteiger partial charge < -0.3 is 9.47 Å². The number of nitrogens with zero attached hydrogens (tertiary/aromatic N) is 3. The van der Waals surface area contributed by atoms with Gasteiger partial charge in [0.25, 0.3) is 0 Å². The van der Waals surface area contributed by atoms with Gasteiger partial charge in [0.05, 0.1) is 18.1 Å². The maximum atomic E-state index is 12.9. The highest BCUT2D eigenvalue weighted by atomic mass is 16.2. The molecule has 0 N–H and O–H groups in total. The first-order valence-corrected chi connectivity index (χ1v) is 10.5. The summed E-state index contributed by atoms with van der Waals surface area (Å²) in [6.07, 6.45) is 4.61. The highest BCUT2D eigenvalue weighted by Gasteiger charge is 2.28. The molecule has 0 spiro atoms. The molecule has 1 aliphatic heterocycles. The number of fused-ring (bicyclic) bond motifs is 1. The SMILES string of the molecule is CCn1c(CC[C@@H]2CCCN2C(=O)Cc2ccccc2)cc2ccc(C#N)cc21. The molecule has 0 radical (unpaired) electrons. The van der Waals surface area contributed by atoms with E-state index >= 15 is 0 Å². The van der Waals surface area contributed by atoms with Crippen molar-refractivity contribution in [3.05, 3.63) is 71.4 Å². The van der Waals surface area contributed by atoms with Gasteiger partial charge in [-0.2, -0.15) is 5.26 Å². The van der Waals surface area contributed by atoms with E-state index in [9.17, 15) is 10.1 Å². The van der Waals surface area contributed by atoms with Crippen molar-refractivity contribution in [1.82, 2.24) is 9.47 Å². The lowest BCUT2D eigenvalue weighted by Gasteiger charge is -2.25. The summed E-state index contributed by atoms with van der Waals surface area (Å²) in [7, 11) is 0. The molecule has 1 atom stereocenters. The Morgan fingerprint density at radius 3 is 2.76 bits per heavy atom. The van der Waals surface area contributed by atoms with Crippen LogP contribution in [0.1, 0.15) is 43.0 Å². The Labute approximate surface area is 172 Å². The number of benzene rings is 2. The third-order valence-electron chi connectivity index (χ3n) is 6.06. The topological polar surface area (TPSA) is 49.0 Å². The van der Waals surface area contributed by atoms with Crippen LogP contribution in [0.25, 0.3) is 10.9 Å². The van der Waals surface area contributed by atoms with Gasteiger partial charge in [0.15, 0.2) is 0 Å². The molecule has 4 heteroatoms. The van der Waals surface area contributed by atoms with Crippen molar-refractivity contribution in [2.24, 2.45) is 0 Å². The number of hydrogen-bond donors (Lipinski definition) is 0. The van der Waals surface area contributed by atoms with Crippen LogP contribution in [0.2, 0.25) is 0 Å². The second-order valence-electron chi connectivity index (χ2n) is 7.85. The zero-order chi connectivity index (χ0) is 20.2. The summed E-state index contributed by atoms with van der Waals surface area (Å²) in [6.45, 7) is 3.90. The Morgan fingerprint density at radius 1 is 1.17 bits per heavy atom. The van der Waals surface area contributed by atoms with Crippen LogP contribution in [0, 0.1) is 11.3 Å². The monoisotopic (exact) mass is 385 g/mol. The quantitative estimate of drug-likeness (QED) is 0.617. The van der Waals surface area contributed by atoms with Crippen LogP contribution < -0.4 is 0 Å². The minimum atomic E-state index is 0.244. The molecule has 0 saturated carbocycles. The van der Waals surface area contributed by atoms with E-state index in [0.29, 0.717) is 18.0 Å². The fourth-order valence-corrected chi connectivity index (χ4v) is 4.61. The van der Waals surface area contributed by atoms with E-state index in [1.54, 1.807) is 0 Å². The molecule has 4 nitrogen and oxygen atoms in total. The lowest BCUT2D eigenvalue weighted by molar-refractivity contribution is -0.131. The second kappa shape index (κ2) is 8.53. The summed E-state index contributed by atoms with van der Waals surface area (Å²) >= 11 is 0. The lowest BCUT2D eigenvalue weighted by atomic mass is 10.1. The number of aromatic nitrogens is 1. The molecule has 3 aromatic rings. The van der Waals surface area contributed by atoms with Crippen LogP contribution in [0.5, 0.6) is 0 Å². The van der Waals surface area contributed by atoms with Crippen molar-refractivity contribution in [3.63, 3.8) is 0 Å². The molecule has 1 amide bonds. The third-order valence-corrected chi connectivity index (χ3v) is 6.06. The molecule has 2 aromatic carbocycles. The maximum Gasteiger partial charge on any atom is 0.227 e. The van der Waals surface area contributed by atoms with Gasteiger partial charge in [-0.05, 0) is 61.8 Å². The largest absolute Gasteiger partial charge is 0.345 e. The number of carbonyl (C=O) groups is 1. The Hall–Kier alpha value is -3.06. The van der Waals surface area contributed by atoms with Crippen LogP contribution >= 0.6 is 0 Å². The molecule has 1 aromatic heterocycles. The Kier molecular flexibility index (Phi) is 5.67. The summed E-state index contributed by atoms with van der Waals surface area (Å²) in [5.41, 5.74) is 4.21. The fraction of sp³-hybridized carbons (Fsp3) is 0.360. The van der Waals surface area contributed by atoms with E-state index in [1.165, 1.54) is 11.1 Å². The predicted molar refractivity (Wildman–Crippen MR) is 116 cm³/mol. The van der Waals surface area contributed by atoms with Crippen LogP contribution in [0.15, 0.2) is 54.6 Å². The van der Waals surface area contributed by atoms with Crippen LogP contribution in [0.4, 0.5) is 0 Å². The summed E-state index contributed by atoms with van der Waals surface area (Å²) in [5.74, 6) is 0.244. The first-order chi connectivity index (χ1) is 14.2. The first-order valence-electron chi connectivity index (χ1n) is 10.5. The van der Waals surface area contributed by atoms with E-state index in [-0.39, 0.29) is 5.91 Å². The number of aryl methyl sites for hydroxylation is 2. The number of amides is 1. The highest BCUT2D eigenvalue weighted by Crippen LogP contribution is 2.26. The molecular formula is C25H27N3O. The standard InChI is InChI=1S/C25H27N3O/c1-2-27-23(17-21-11-10-20(18-26)15-24(21)27)13-12-22-9-6-14-28(22)25(29)16-19-7-4-3-5-8-19/h3-5,7-8,10-11,15,17,22H,2,6,9,12-14,16H2,1H3/t22-/m0/s1. The number of likely N-dealkylation sites (tertiary alicyclic amines) is 1. The van der Waals surface area contributed by atoms with Crippen molar-refractivity contribution in [1.29, 1.82) is 5.26 Å². The molecule has 2 heterocycles. The van der Waals surface area contributed by atoms with Crippen molar-refractivity contribution < 1.29 is 4.79 Å². The maximum absolute atomic E-state index is 12.9. The van der Waals surface area contributed by atoms with E-state index in [1.807, 2.05) is 48.5 Å². The second-order valence-corrected chi connectivity index (χ2v) is 7.85. The molecule has 0 aliphatic carbocycles. The van der Waals surface area contributed by atoms with Gasteiger partial charge >= 0.3 is 0 Å². The third kappa shape index (κ3) is 4.05. The van der Waals surface area contributed by atoms with Gasteiger partial charge in [0.2, 0.25) is 5.91 Å². The van der Waals surface area contributed by atoms with Gasteiger partial charge in [-0.3, -0.25) is 4.79 Å². The van der Waals surface area contributed by atoms with E-state index in [2.05, 4.69) is 28.5 Å². The fourth-order valence-electron chi connectivity index (χ4n) is 4.61. The molecule has 29 heavy (non-hydrogen) atoms. The van der Waals surface area contributed by atoms with Gasteiger partial charge in [0.1, 0.15) is 0 Å². The molecule has 148 valence electrons. The van der Waals surface area contributed by atoms with E-state index in [4.69, 9.17) is 0 Å². The minimum absolute atomic E-state index is 0.244. The Morgan fingerprint density at radius 2 is 2.00 bits per heavy atom. The van der Waals surface area contributed by atoms with Crippen LogP contribution in [-0.2, 0) is 24.2 Å². The summed E-state index contributed by atoms with van der Waals surface area (Å²) in [6, 6.07) is 20.7. The van der Waals surface area contributed by atoms with Crippen molar-refractivity contribution in [2.75, 3.05) is 6.54 Å². The minimum Gasteiger partial charge on any atom is -0.345 e. The van der Waals surface area contributed by atoms with Gasteiger partial charge in [0, 0.05) is 30.3 Å². The summed E-state index contributed by atoms with van der Waals surface area (Å²) < 4.78 is 2.31. The van der Waals surface area contributed by atoms with Crippen molar-refractivity contribution in [2.45, 2.75) is 51.6 Å². The smallest absolute Gasteiger partial charge is 0.227 e. The van der Waals surface area contributed by atoms with E-state index in [0.717, 1.165) is 49.9 Å². The summed E-state index contributed by atoms with van der Waals surface area (Å²) in [5, 5.41) is 10.4. The number of hydrogen-bond acceptors (Lipinski definition) is 2. The van der Waals surface area contributed by atoms with Crippen molar-refractivity contribution >= 4 is 16.8 Å². The Bertz CT molecular complexity index is 1050. The zero-order valence-corrected chi connectivity index (χ0v) is 17.0. The van der Waals surface area contributed by atoms with Gasteiger partial charge in [-0.15, -0.1) is 0 Å². The van der Waals surface area contributed by atoms with Crippen molar-refractivity contribution in [3.8, 4) is 6.07 Å². The predicted octanol–water partition coefficient (Wildman–Crippen LogP) is 4.70. The molecule has 1 aliphatic rings. The molecule has 0 unspecified atom stereocenters. The van der Waals surface area contributed by atoms with Gasteiger partial charge in [-0.1, -0.05) is 36.4 Å². The molecule has 0 bridgehead atoms. The molecule has 1 saturated heterocycles. The van der Waals surface area contributed by atoms with Crippen LogP contribution in [0.3, 0.4) is 0 Å². The average Bonchev–Trinajstić information content (AvgIpc) is 3.36. The lowest BCUT2D eigenvalue weighted by Crippen LogP contribution is -2.36. The number of nitriles is 1. The van der Waals surface area contributed by atoms with Crippen LogP contribution in [-0.4, -0.2) is 28.0 Å². The summed E-state index contributed by atoms with van der Waals surface area (Å²) in [4.78, 5) is 15.0. The highest BCUT2D eigenvalue weighted by molar-refractivity contribution is 5.83. The number of carbonyl (C=O) groups excluding carboxylic acids is 1. The molecular weight excluding hydrogens is 358 g/mol. The number of rotatable bonds is 6. The molecule has 1 fully saturated rings. The zero-order valence-electron chi connectivity index (χ0n) is 17.0. The normalized spacial score (nSPS) is 16.3. The van der Waals surface area contributed by atoms with E-state index < -0.39 is 0 Å². The molecule has 4 rings (SSSR count). The average molecular weight is 386 g/mol.